The van der Waals surface area contributed by atoms with Crippen LogP contribution in [0, 0.1) is 6.07 Å². The molecule has 3 nitrogen and oxygen atoms in total. The lowest BCUT2D eigenvalue weighted by Crippen LogP contribution is -2.19. The van der Waals surface area contributed by atoms with Gasteiger partial charge >= 0.3 is 6.03 Å². The van der Waals surface area contributed by atoms with Gasteiger partial charge in [-0.05, 0) is 18.2 Å². The van der Waals surface area contributed by atoms with E-state index in [4.69, 9.17) is 23.2 Å². The summed E-state index contributed by atoms with van der Waals surface area (Å²) in [6, 6.07) is 14.7. The Bertz CT molecular complexity index is 558. The van der Waals surface area contributed by atoms with Crippen LogP contribution in [0.5, 0.6) is 0 Å². The summed E-state index contributed by atoms with van der Waals surface area (Å²) >= 11 is 11.7. The molecule has 0 spiro atoms. The molecule has 0 heterocycles. The fourth-order valence-electron chi connectivity index (χ4n) is 1.36. The molecular formula is C13H9Cl2N2O. The Morgan fingerprint density at radius 1 is 1.06 bits per heavy atom. The molecule has 18 heavy (non-hydrogen) atoms. The number of rotatable bonds is 2. The molecule has 2 aromatic rings. The minimum atomic E-state index is -0.384. The summed E-state index contributed by atoms with van der Waals surface area (Å²) in [4.78, 5) is 11.7. The fourth-order valence-corrected chi connectivity index (χ4v) is 1.69. The summed E-state index contributed by atoms with van der Waals surface area (Å²) in [6.07, 6.45) is 0. The van der Waals surface area contributed by atoms with E-state index in [2.05, 4.69) is 16.7 Å². The van der Waals surface area contributed by atoms with Gasteiger partial charge in [-0.1, -0.05) is 47.5 Å². The zero-order valence-electron chi connectivity index (χ0n) is 9.21. The fraction of sp³-hybridized carbons (Fsp3) is 0. The maximum atomic E-state index is 11.7. The molecule has 0 atom stereocenters. The van der Waals surface area contributed by atoms with Crippen LogP contribution >= 0.6 is 23.2 Å². The first-order valence-corrected chi connectivity index (χ1v) is 5.91. The molecular weight excluding hydrogens is 271 g/mol. The number of hydrogen-bond donors (Lipinski definition) is 2. The highest BCUT2D eigenvalue weighted by atomic mass is 35.5. The molecule has 0 aliphatic carbocycles. The third kappa shape index (κ3) is 3.15. The molecule has 0 fully saturated rings. The lowest BCUT2D eigenvalue weighted by Gasteiger charge is -2.09. The van der Waals surface area contributed by atoms with Crippen molar-refractivity contribution in [1.82, 2.24) is 0 Å². The average Bonchev–Trinajstić information content (AvgIpc) is 2.36. The molecule has 0 aliphatic rings. The van der Waals surface area contributed by atoms with Crippen LogP contribution in [-0.4, -0.2) is 6.03 Å². The summed E-state index contributed by atoms with van der Waals surface area (Å²) in [5.41, 5.74) is 1.13. The molecule has 2 rings (SSSR count). The second kappa shape index (κ2) is 5.76. The van der Waals surface area contributed by atoms with Crippen molar-refractivity contribution in [2.45, 2.75) is 0 Å². The predicted molar refractivity (Wildman–Crippen MR) is 74.4 cm³/mol. The number of anilines is 2. The quantitative estimate of drug-likeness (QED) is 0.839. The van der Waals surface area contributed by atoms with Crippen molar-refractivity contribution in [2.24, 2.45) is 0 Å². The van der Waals surface area contributed by atoms with Gasteiger partial charge < -0.3 is 10.6 Å². The van der Waals surface area contributed by atoms with Crippen LogP contribution in [-0.2, 0) is 0 Å². The van der Waals surface area contributed by atoms with E-state index >= 15 is 0 Å². The highest BCUT2D eigenvalue weighted by Crippen LogP contribution is 2.29. The number of carbonyl (C=O) groups is 1. The smallest absolute Gasteiger partial charge is 0.308 e. The van der Waals surface area contributed by atoms with E-state index in [0.29, 0.717) is 11.4 Å². The minimum Gasteiger partial charge on any atom is -0.308 e. The van der Waals surface area contributed by atoms with Gasteiger partial charge in [0.15, 0.2) is 0 Å². The Hall–Kier alpha value is -1.71. The Morgan fingerprint density at radius 2 is 1.78 bits per heavy atom. The Balaban J connectivity index is 2.06. The molecule has 0 aromatic heterocycles. The average molecular weight is 280 g/mol. The van der Waals surface area contributed by atoms with Gasteiger partial charge in [-0.2, -0.15) is 0 Å². The molecule has 2 N–H and O–H groups in total. The molecule has 5 heteroatoms. The zero-order chi connectivity index (χ0) is 13.0. The number of carbonyl (C=O) groups excluding carboxylic acids is 1. The third-order valence-electron chi connectivity index (χ3n) is 2.17. The van der Waals surface area contributed by atoms with Gasteiger partial charge in [-0.15, -0.1) is 0 Å². The lowest BCUT2D eigenvalue weighted by molar-refractivity contribution is 0.262. The highest BCUT2D eigenvalue weighted by molar-refractivity contribution is 6.43. The van der Waals surface area contributed by atoms with Crippen molar-refractivity contribution in [3.8, 4) is 0 Å². The van der Waals surface area contributed by atoms with Gasteiger partial charge in [0.05, 0.1) is 15.7 Å². The summed E-state index contributed by atoms with van der Waals surface area (Å²) in [5, 5.41) is 5.83. The maximum absolute atomic E-state index is 11.7. The normalized spacial score (nSPS) is 9.89. The van der Waals surface area contributed by atoms with Gasteiger partial charge in [-0.25, -0.2) is 4.79 Å². The molecule has 0 unspecified atom stereocenters. The Morgan fingerprint density at radius 3 is 2.50 bits per heavy atom. The van der Waals surface area contributed by atoms with E-state index in [9.17, 15) is 4.79 Å². The first kappa shape index (κ1) is 12.7. The topological polar surface area (TPSA) is 41.1 Å². The zero-order valence-corrected chi connectivity index (χ0v) is 10.7. The summed E-state index contributed by atoms with van der Waals surface area (Å²) < 4.78 is 0. The highest BCUT2D eigenvalue weighted by Gasteiger charge is 2.08. The Kier molecular flexibility index (Phi) is 4.07. The van der Waals surface area contributed by atoms with E-state index in [1.54, 1.807) is 24.3 Å². The van der Waals surface area contributed by atoms with Crippen LogP contribution in [0.15, 0.2) is 42.5 Å². The molecule has 1 radical (unpaired) electrons. The van der Waals surface area contributed by atoms with Crippen LogP contribution in [0.2, 0.25) is 10.0 Å². The summed E-state index contributed by atoms with van der Waals surface area (Å²) in [6.45, 7) is 0. The van der Waals surface area contributed by atoms with E-state index in [-0.39, 0.29) is 16.1 Å². The number of nitrogens with one attached hydrogen (secondary N) is 2. The molecule has 2 amide bonds. The monoisotopic (exact) mass is 279 g/mol. The number of hydrogen-bond acceptors (Lipinski definition) is 1. The van der Waals surface area contributed by atoms with Crippen LogP contribution in [0.1, 0.15) is 0 Å². The second-order valence-electron chi connectivity index (χ2n) is 3.46. The Labute approximate surface area is 115 Å². The van der Waals surface area contributed by atoms with Crippen molar-refractivity contribution in [3.05, 3.63) is 58.6 Å². The van der Waals surface area contributed by atoms with Crippen LogP contribution in [0.3, 0.4) is 0 Å². The summed E-state index contributed by atoms with van der Waals surface area (Å²) in [7, 11) is 0. The van der Waals surface area contributed by atoms with Crippen molar-refractivity contribution >= 4 is 40.6 Å². The predicted octanol–water partition coefficient (Wildman–Crippen LogP) is 4.44. The van der Waals surface area contributed by atoms with Crippen molar-refractivity contribution in [3.63, 3.8) is 0 Å². The SMILES string of the molecule is O=C(Nc1ccccc1)Nc1cc[c]c(Cl)c1Cl. The number of para-hydroxylation sites is 1. The largest absolute Gasteiger partial charge is 0.323 e. The minimum absolute atomic E-state index is 0.266. The molecule has 0 saturated carbocycles. The van der Waals surface area contributed by atoms with Gasteiger partial charge in [0.2, 0.25) is 0 Å². The second-order valence-corrected chi connectivity index (χ2v) is 4.22. The van der Waals surface area contributed by atoms with Gasteiger partial charge in [0, 0.05) is 11.8 Å². The number of urea groups is 1. The van der Waals surface area contributed by atoms with Gasteiger partial charge in [-0.3, -0.25) is 0 Å². The van der Waals surface area contributed by atoms with E-state index in [0.717, 1.165) is 0 Å². The van der Waals surface area contributed by atoms with E-state index in [1.165, 1.54) is 0 Å². The lowest BCUT2D eigenvalue weighted by atomic mass is 10.3. The molecule has 2 aromatic carbocycles. The van der Waals surface area contributed by atoms with Crippen LogP contribution in [0.25, 0.3) is 0 Å². The van der Waals surface area contributed by atoms with Crippen molar-refractivity contribution in [2.75, 3.05) is 10.6 Å². The van der Waals surface area contributed by atoms with Crippen molar-refractivity contribution < 1.29 is 4.79 Å². The van der Waals surface area contributed by atoms with Gasteiger partial charge in [0.25, 0.3) is 0 Å². The molecule has 0 bridgehead atoms. The van der Waals surface area contributed by atoms with Crippen LogP contribution < -0.4 is 10.6 Å². The van der Waals surface area contributed by atoms with E-state index in [1.807, 2.05) is 18.2 Å². The third-order valence-corrected chi connectivity index (χ3v) is 2.96. The number of benzene rings is 2. The number of amides is 2. The van der Waals surface area contributed by atoms with Gasteiger partial charge in [0.1, 0.15) is 0 Å². The van der Waals surface area contributed by atoms with Crippen LogP contribution in [0.4, 0.5) is 16.2 Å². The first-order chi connectivity index (χ1) is 8.66. The molecule has 0 aliphatic heterocycles. The molecule has 0 saturated heterocycles. The number of halogens is 2. The van der Waals surface area contributed by atoms with E-state index < -0.39 is 0 Å². The first-order valence-electron chi connectivity index (χ1n) is 5.15. The summed E-state index contributed by atoms with van der Waals surface area (Å²) in [5.74, 6) is 0. The molecule has 91 valence electrons. The maximum Gasteiger partial charge on any atom is 0.323 e. The van der Waals surface area contributed by atoms with Crippen molar-refractivity contribution in [1.29, 1.82) is 0 Å². The standard InChI is InChI=1S/C13H9Cl2N2O/c14-10-7-4-8-11(12(10)15)17-13(18)16-9-5-2-1-3-6-9/h1-6,8H,(H2,16,17,18).